The van der Waals surface area contributed by atoms with Gasteiger partial charge in [-0.15, -0.1) is 0 Å². The van der Waals surface area contributed by atoms with E-state index in [1.165, 1.54) is 0 Å². The Labute approximate surface area is 111 Å². The maximum absolute atomic E-state index is 11.8. The van der Waals surface area contributed by atoms with Gasteiger partial charge in [0.25, 0.3) is 5.56 Å². The van der Waals surface area contributed by atoms with Crippen LogP contribution < -0.4 is 11.2 Å². The first-order chi connectivity index (χ1) is 10.3. The maximum atomic E-state index is 11.8. The largest absolute Gasteiger partial charge is 0.394 e. The highest BCUT2D eigenvalue weighted by Crippen LogP contribution is 2.29. The summed E-state index contributed by atoms with van der Waals surface area (Å²) in [6, 6.07) is -0.699. The maximum Gasteiger partial charge on any atom is 0.330 e. The lowest BCUT2D eigenvalue weighted by Crippen LogP contribution is -2.33. The number of azide groups is 1. The number of hydrogen-bond donors (Lipinski definition) is 2. The molecule has 0 bridgehead atoms. The molecule has 0 aliphatic carbocycles. The lowest BCUT2D eigenvalue weighted by Gasteiger charge is -2.14. The molecule has 0 amide bonds. The van der Waals surface area contributed by atoms with Crippen molar-refractivity contribution in [2.24, 2.45) is 5.11 Å². The summed E-state index contributed by atoms with van der Waals surface area (Å²) in [4.78, 5) is 28.0. The van der Waals surface area contributed by atoms with Crippen LogP contribution in [-0.2, 0) is 4.74 Å². The summed E-state index contributed by atoms with van der Waals surface area (Å²) in [6.07, 6.45) is -0.776. The summed E-state index contributed by atoms with van der Waals surface area (Å²) in [6.45, 7) is -3.12. The molecule has 0 spiro atoms. The molecule has 1 aromatic heterocycles. The predicted octanol–water partition coefficient (Wildman–Crippen LogP) is -0.196. The topological polar surface area (TPSA) is 133 Å². The third-order valence-electron chi connectivity index (χ3n) is 2.86. The Morgan fingerprint density at radius 3 is 3.21 bits per heavy atom. The van der Waals surface area contributed by atoms with Gasteiger partial charge in [0.2, 0.25) is 0 Å². The summed E-state index contributed by atoms with van der Waals surface area (Å²) in [5.74, 6) is 0. The molecule has 1 saturated heterocycles. The molecule has 3 atom stereocenters. The molecule has 9 heteroatoms. The van der Waals surface area contributed by atoms with Gasteiger partial charge in [0.05, 0.1) is 18.8 Å². The van der Waals surface area contributed by atoms with Crippen LogP contribution in [-0.4, -0.2) is 33.4 Å². The molecule has 1 aromatic rings. The van der Waals surface area contributed by atoms with E-state index >= 15 is 0 Å². The molecule has 2 rings (SSSR count). The molecule has 0 saturated carbocycles. The number of aliphatic hydroxyl groups excluding tert-OH is 1. The number of nitrogens with zero attached hydrogens (tertiary/aromatic N) is 4. The second kappa shape index (κ2) is 5.27. The first-order valence-corrected chi connectivity index (χ1v) is 5.44. The van der Waals surface area contributed by atoms with E-state index < -0.39 is 48.6 Å². The van der Waals surface area contributed by atoms with Crippen molar-refractivity contribution in [3.05, 3.63) is 43.0 Å². The van der Waals surface area contributed by atoms with Crippen LogP contribution >= 0.6 is 0 Å². The van der Waals surface area contributed by atoms with E-state index in [1.54, 1.807) is 0 Å². The first kappa shape index (κ1) is 9.79. The van der Waals surface area contributed by atoms with E-state index in [2.05, 4.69) is 10.0 Å². The zero-order valence-electron chi connectivity index (χ0n) is 12.7. The van der Waals surface area contributed by atoms with Gasteiger partial charge >= 0.3 is 5.69 Å². The van der Waals surface area contributed by atoms with Crippen LogP contribution in [0.5, 0.6) is 0 Å². The molecule has 1 aliphatic heterocycles. The van der Waals surface area contributed by atoms with E-state index in [1.807, 2.05) is 4.98 Å². The van der Waals surface area contributed by atoms with Crippen molar-refractivity contribution in [3.8, 4) is 0 Å². The van der Waals surface area contributed by atoms with Crippen LogP contribution in [0.3, 0.4) is 0 Å². The van der Waals surface area contributed by atoms with Crippen molar-refractivity contribution < 1.29 is 14.0 Å². The summed E-state index contributed by atoms with van der Waals surface area (Å²) in [5.41, 5.74) is 6.08. The van der Waals surface area contributed by atoms with Gasteiger partial charge in [-0.3, -0.25) is 14.3 Å². The monoisotopic (exact) mass is 271 g/mol. The minimum Gasteiger partial charge on any atom is -0.394 e. The van der Waals surface area contributed by atoms with Crippen molar-refractivity contribution >= 4 is 0 Å². The standard InChI is InChI=1S/C10H13N5O4/c1-5-3-15(10(18)12-9(5)17)8-2-6(13-14-11)7(4-16)19-8/h3,6-8,16H,2,4H2,1H3,(H,12,17,18)/i1+1D3. The molecule has 3 unspecified atom stereocenters. The average Bonchev–Trinajstić information content (AvgIpc) is 2.80. The highest BCUT2D eigenvalue weighted by Gasteiger charge is 2.35. The molecule has 0 aromatic carbocycles. The van der Waals surface area contributed by atoms with Crippen molar-refractivity contribution in [2.75, 3.05) is 6.61 Å². The molecule has 2 heterocycles. The number of rotatable bonds is 3. The summed E-state index contributed by atoms with van der Waals surface area (Å²) >= 11 is 0. The molecular formula is C10H13N5O4. The number of ether oxygens (including phenoxy) is 1. The molecule has 0 radical (unpaired) electrons. The Balaban J connectivity index is 2.44. The Bertz CT molecular complexity index is 720. The number of hydrogen-bond acceptors (Lipinski definition) is 5. The van der Waals surface area contributed by atoms with Crippen LogP contribution in [0, 0.1) is 6.85 Å². The van der Waals surface area contributed by atoms with E-state index in [4.69, 9.17) is 14.4 Å². The summed E-state index contributed by atoms with van der Waals surface area (Å²) in [5, 5.41) is 12.6. The van der Waals surface area contributed by atoms with Gasteiger partial charge in [0.1, 0.15) is 6.23 Å². The van der Waals surface area contributed by atoms with Crippen molar-refractivity contribution in [1.82, 2.24) is 9.55 Å². The van der Waals surface area contributed by atoms with Gasteiger partial charge in [-0.25, -0.2) is 4.79 Å². The van der Waals surface area contributed by atoms with Crippen LogP contribution in [0.4, 0.5) is 0 Å². The fourth-order valence-electron chi connectivity index (χ4n) is 1.94. The SMILES string of the molecule is [2H][13C]([2H])([2H])c1cn(C2CC(N=[N+]=[N-])C(CO)O2)c(=O)[nH]c1=O. The van der Waals surface area contributed by atoms with Gasteiger partial charge in [-0.05, 0) is 12.4 Å². The molecule has 1 fully saturated rings. The average molecular weight is 271 g/mol. The lowest BCUT2D eigenvalue weighted by molar-refractivity contribution is -0.0271. The Morgan fingerprint density at radius 2 is 2.58 bits per heavy atom. The predicted molar refractivity (Wildman–Crippen MR) is 64.6 cm³/mol. The Hall–Kier alpha value is -2.09. The van der Waals surface area contributed by atoms with Crippen molar-refractivity contribution in [1.29, 1.82) is 0 Å². The Morgan fingerprint density at radius 1 is 1.79 bits per heavy atom. The molecule has 1 aliphatic rings. The molecule has 2 N–H and O–H groups in total. The van der Waals surface area contributed by atoms with Gasteiger partial charge in [-0.2, -0.15) is 0 Å². The third kappa shape index (κ3) is 2.53. The fourth-order valence-corrected chi connectivity index (χ4v) is 1.94. The van der Waals surface area contributed by atoms with Crippen molar-refractivity contribution in [2.45, 2.75) is 31.6 Å². The second-order valence-corrected chi connectivity index (χ2v) is 4.03. The minimum atomic E-state index is -2.69. The van der Waals surface area contributed by atoms with E-state index in [-0.39, 0.29) is 6.42 Å². The van der Waals surface area contributed by atoms with E-state index in [0.717, 1.165) is 10.8 Å². The molecule has 9 nitrogen and oxygen atoms in total. The third-order valence-corrected chi connectivity index (χ3v) is 2.86. The molecule has 19 heavy (non-hydrogen) atoms. The van der Waals surface area contributed by atoms with Gasteiger partial charge in [0, 0.05) is 27.2 Å². The van der Waals surface area contributed by atoms with Crippen LogP contribution in [0.2, 0.25) is 0 Å². The number of aromatic amines is 1. The van der Waals surface area contributed by atoms with Gasteiger partial charge in [0.15, 0.2) is 0 Å². The molecule has 102 valence electrons. The Kier molecular flexibility index (Phi) is 2.71. The molecular weight excluding hydrogens is 255 g/mol. The zero-order valence-corrected chi connectivity index (χ0v) is 9.68. The second-order valence-electron chi connectivity index (χ2n) is 4.03. The van der Waals surface area contributed by atoms with Crippen LogP contribution in [0.15, 0.2) is 20.9 Å². The number of aryl methyl sites for hydroxylation is 1. The summed E-state index contributed by atoms with van der Waals surface area (Å²) < 4.78 is 28.2. The first-order valence-electron chi connectivity index (χ1n) is 6.94. The lowest BCUT2D eigenvalue weighted by atomic mass is 10.1. The number of nitrogens with one attached hydrogen (secondary N) is 1. The quantitative estimate of drug-likeness (QED) is 0.341. The van der Waals surface area contributed by atoms with Crippen LogP contribution in [0.25, 0.3) is 10.4 Å². The van der Waals surface area contributed by atoms with Gasteiger partial charge < -0.3 is 9.84 Å². The van der Waals surface area contributed by atoms with Gasteiger partial charge in [-0.1, -0.05) is 5.11 Å². The number of aromatic nitrogens is 2. The highest BCUT2D eigenvalue weighted by atomic mass is 16.5. The minimum absolute atomic E-state index is 0.0711. The summed E-state index contributed by atoms with van der Waals surface area (Å²) in [7, 11) is 0. The van der Waals surface area contributed by atoms with E-state index in [9.17, 15) is 14.7 Å². The van der Waals surface area contributed by atoms with E-state index in [0.29, 0.717) is 0 Å². The number of H-pyrrole nitrogens is 1. The fraction of sp³-hybridized carbons (Fsp3) is 0.600. The normalized spacial score (nSPS) is 29.1. The van der Waals surface area contributed by atoms with Crippen molar-refractivity contribution in [3.63, 3.8) is 0 Å². The zero-order chi connectivity index (χ0) is 16.5. The van der Waals surface area contributed by atoms with Crippen LogP contribution in [0.1, 0.15) is 22.3 Å². The highest BCUT2D eigenvalue weighted by molar-refractivity contribution is 5.02. The number of aliphatic hydroxyl groups is 1. The smallest absolute Gasteiger partial charge is 0.330 e.